The Morgan fingerprint density at radius 3 is 2.38 bits per heavy atom. The Balaban J connectivity index is 1.26. The summed E-state index contributed by atoms with van der Waals surface area (Å²) in [4.78, 5) is 24.6. The summed E-state index contributed by atoms with van der Waals surface area (Å²) in [6.07, 6.45) is 1.21. The minimum atomic E-state index is -4.46. The second kappa shape index (κ2) is 13.4. The van der Waals surface area contributed by atoms with Crippen LogP contribution in [0.5, 0.6) is 5.88 Å². The minimum Gasteiger partial charge on any atom is -0.480 e. The van der Waals surface area contributed by atoms with Gasteiger partial charge in [-0.05, 0) is 80.4 Å². The van der Waals surface area contributed by atoms with Gasteiger partial charge in [-0.3, -0.25) is 4.72 Å². The number of benzene rings is 3. The minimum absolute atomic E-state index is 0.0336. The average Bonchev–Trinajstić information content (AvgIpc) is 3.07. The number of sulfonamides is 1. The van der Waals surface area contributed by atoms with Crippen molar-refractivity contribution in [3.63, 3.8) is 0 Å². The Kier molecular flexibility index (Phi) is 9.23. The third kappa shape index (κ3) is 7.39. The fraction of sp³-hybridized carbons (Fsp3) is 0.250. The summed E-state index contributed by atoms with van der Waals surface area (Å²) in [7, 11) is -3.13. The van der Waals surface area contributed by atoms with Crippen molar-refractivity contribution in [1.29, 1.82) is 0 Å². The van der Waals surface area contributed by atoms with Gasteiger partial charge in [-0.15, -0.1) is 0 Å². The molecule has 1 saturated heterocycles. The molecule has 3 heterocycles. The lowest BCUT2D eigenvalue weighted by Crippen LogP contribution is -2.50. The van der Waals surface area contributed by atoms with Crippen LogP contribution < -0.4 is 20.1 Å². The number of piperazine rings is 1. The molecule has 0 saturated carbocycles. The standard InChI is InChI=1S/C36H36F2N6O5S/c1-36(2,3)49-35(45)44-14-12-43(13-15-44)27-7-5-6-23(17-27)28-18-24-16-22(8-10-30(24)41-33(28)39)25-19-31(34(48-4)40-21-25)42-50(46,47)32-11-9-26(37)20-29(32)38/h5-11,16-21,42H,12-15H2,1-4H3,(H2,39,41). The van der Waals surface area contributed by atoms with Gasteiger partial charge >= 0.3 is 6.09 Å². The average molecular weight is 703 g/mol. The number of nitrogens with zero attached hydrogens (tertiary/aromatic N) is 4. The summed E-state index contributed by atoms with van der Waals surface area (Å²) < 4.78 is 67.0. The van der Waals surface area contributed by atoms with Crippen LogP contribution in [0, 0.1) is 11.6 Å². The maximum absolute atomic E-state index is 14.4. The fourth-order valence-corrected chi connectivity index (χ4v) is 6.79. The zero-order chi connectivity index (χ0) is 35.8. The van der Waals surface area contributed by atoms with Crippen molar-refractivity contribution in [2.75, 3.05) is 48.6 Å². The molecule has 0 unspecified atom stereocenters. The van der Waals surface area contributed by atoms with Crippen LogP contribution in [-0.4, -0.2) is 68.3 Å². The Morgan fingerprint density at radius 1 is 0.920 bits per heavy atom. The van der Waals surface area contributed by atoms with Gasteiger partial charge in [0.2, 0.25) is 5.88 Å². The van der Waals surface area contributed by atoms with Gasteiger partial charge < -0.3 is 25.0 Å². The molecule has 3 N–H and O–H groups in total. The molecular formula is C36H36F2N6O5S. The van der Waals surface area contributed by atoms with Crippen LogP contribution in [0.25, 0.3) is 33.2 Å². The molecule has 1 aliphatic rings. The molecule has 1 aliphatic heterocycles. The summed E-state index contributed by atoms with van der Waals surface area (Å²) >= 11 is 0. The van der Waals surface area contributed by atoms with Crippen molar-refractivity contribution in [1.82, 2.24) is 14.9 Å². The van der Waals surface area contributed by atoms with Crippen LogP contribution in [-0.2, 0) is 14.8 Å². The summed E-state index contributed by atoms with van der Waals surface area (Å²) in [6.45, 7) is 7.91. The van der Waals surface area contributed by atoms with E-state index in [1.165, 1.54) is 19.4 Å². The van der Waals surface area contributed by atoms with Gasteiger partial charge in [0.1, 0.15) is 33.6 Å². The van der Waals surface area contributed by atoms with Crippen molar-refractivity contribution >= 4 is 44.2 Å². The summed E-state index contributed by atoms with van der Waals surface area (Å²) in [5.41, 5.74) is 10.3. The summed E-state index contributed by atoms with van der Waals surface area (Å²) in [5, 5.41) is 0.773. The zero-order valence-corrected chi connectivity index (χ0v) is 28.7. The topological polar surface area (TPSA) is 140 Å². The van der Waals surface area contributed by atoms with Crippen LogP contribution in [0.2, 0.25) is 0 Å². The predicted octanol–water partition coefficient (Wildman–Crippen LogP) is 6.69. The number of methoxy groups -OCH3 is 1. The van der Waals surface area contributed by atoms with Gasteiger partial charge in [0, 0.05) is 60.6 Å². The number of rotatable bonds is 7. The molecule has 260 valence electrons. The highest BCUT2D eigenvalue weighted by atomic mass is 32.2. The first kappa shape index (κ1) is 34.4. The van der Waals surface area contributed by atoms with Crippen LogP contribution in [0.15, 0.2) is 83.9 Å². The largest absolute Gasteiger partial charge is 0.480 e. The molecule has 1 amide bonds. The number of nitrogens with one attached hydrogen (secondary N) is 1. The number of anilines is 3. The van der Waals surface area contributed by atoms with E-state index in [2.05, 4.69) is 19.6 Å². The van der Waals surface area contributed by atoms with Gasteiger partial charge in [0.25, 0.3) is 10.0 Å². The van der Waals surface area contributed by atoms with E-state index in [1.54, 1.807) is 17.0 Å². The Hall–Kier alpha value is -5.50. The van der Waals surface area contributed by atoms with Crippen molar-refractivity contribution in [3.8, 4) is 28.1 Å². The number of nitrogen functional groups attached to an aromatic ring is 1. The van der Waals surface area contributed by atoms with Crippen LogP contribution in [0.3, 0.4) is 0 Å². The lowest BCUT2D eigenvalue weighted by atomic mass is 10.00. The fourth-order valence-electron chi connectivity index (χ4n) is 5.68. The van der Waals surface area contributed by atoms with E-state index in [0.717, 1.165) is 34.3 Å². The highest BCUT2D eigenvalue weighted by Crippen LogP contribution is 2.35. The van der Waals surface area contributed by atoms with Crippen LogP contribution in [0.1, 0.15) is 20.8 Å². The molecule has 1 fully saturated rings. The van der Waals surface area contributed by atoms with E-state index in [-0.39, 0.29) is 17.7 Å². The number of fused-ring (bicyclic) bond motifs is 1. The monoisotopic (exact) mass is 702 g/mol. The van der Waals surface area contributed by atoms with Crippen molar-refractivity contribution < 1.29 is 31.5 Å². The first-order valence-corrected chi connectivity index (χ1v) is 17.2. The second-order valence-electron chi connectivity index (χ2n) is 12.8. The molecular weight excluding hydrogens is 666 g/mol. The summed E-state index contributed by atoms with van der Waals surface area (Å²) in [5.74, 6) is -1.82. The molecule has 0 radical (unpaired) electrons. The molecule has 0 bridgehead atoms. The first-order valence-electron chi connectivity index (χ1n) is 15.8. The maximum atomic E-state index is 14.4. The number of hydrogen-bond acceptors (Lipinski definition) is 9. The van der Waals surface area contributed by atoms with E-state index in [1.807, 2.05) is 57.2 Å². The van der Waals surface area contributed by atoms with Crippen LogP contribution in [0.4, 0.5) is 30.8 Å². The number of nitrogens with two attached hydrogens (primary N) is 1. The van der Waals surface area contributed by atoms with E-state index in [0.29, 0.717) is 54.7 Å². The van der Waals surface area contributed by atoms with Gasteiger partial charge in [-0.25, -0.2) is 32.0 Å². The molecule has 2 aromatic heterocycles. The molecule has 11 nitrogen and oxygen atoms in total. The highest BCUT2D eigenvalue weighted by Gasteiger charge is 2.26. The number of carbonyl (C=O) groups excluding carboxylic acids is 1. The number of carbonyl (C=O) groups is 1. The van der Waals surface area contributed by atoms with E-state index >= 15 is 0 Å². The number of aromatic nitrogens is 2. The quantitative estimate of drug-likeness (QED) is 0.190. The molecule has 50 heavy (non-hydrogen) atoms. The lowest BCUT2D eigenvalue weighted by molar-refractivity contribution is 0.0240. The number of ether oxygens (including phenoxy) is 2. The molecule has 0 spiro atoms. The van der Waals surface area contributed by atoms with Gasteiger partial charge in [-0.2, -0.15) is 0 Å². The maximum Gasteiger partial charge on any atom is 0.410 e. The normalized spacial score (nSPS) is 13.7. The molecule has 14 heteroatoms. The molecule has 3 aromatic carbocycles. The third-order valence-corrected chi connectivity index (χ3v) is 9.50. The molecule has 5 aromatic rings. The third-order valence-electron chi connectivity index (χ3n) is 8.10. The number of halogens is 2. The van der Waals surface area contributed by atoms with Gasteiger partial charge in [0.15, 0.2) is 0 Å². The number of pyridine rings is 2. The Labute approximate surface area is 288 Å². The van der Waals surface area contributed by atoms with Crippen molar-refractivity contribution in [2.45, 2.75) is 31.3 Å². The van der Waals surface area contributed by atoms with E-state index in [4.69, 9.17) is 15.2 Å². The Morgan fingerprint density at radius 2 is 1.68 bits per heavy atom. The van der Waals surface area contributed by atoms with Crippen LogP contribution >= 0.6 is 0 Å². The van der Waals surface area contributed by atoms with E-state index in [9.17, 15) is 22.0 Å². The smallest absolute Gasteiger partial charge is 0.410 e. The molecule has 6 rings (SSSR count). The van der Waals surface area contributed by atoms with Crippen molar-refractivity contribution in [3.05, 3.63) is 90.6 Å². The van der Waals surface area contributed by atoms with E-state index < -0.39 is 32.2 Å². The summed E-state index contributed by atoms with van der Waals surface area (Å²) in [6, 6.07) is 19.1. The highest BCUT2D eigenvalue weighted by molar-refractivity contribution is 7.92. The predicted molar refractivity (Wildman–Crippen MR) is 189 cm³/mol. The number of hydrogen-bond donors (Lipinski definition) is 2. The lowest BCUT2D eigenvalue weighted by Gasteiger charge is -2.36. The molecule has 0 aliphatic carbocycles. The SMILES string of the molecule is COc1ncc(-c2ccc3nc(N)c(-c4cccc(N5CCN(C(=O)OC(C)(C)C)CC5)c4)cc3c2)cc1NS(=O)(=O)c1ccc(F)cc1F. The second-order valence-corrected chi connectivity index (χ2v) is 14.4. The number of amides is 1. The van der Waals surface area contributed by atoms with Gasteiger partial charge in [-0.1, -0.05) is 18.2 Å². The van der Waals surface area contributed by atoms with Crippen molar-refractivity contribution in [2.24, 2.45) is 0 Å². The first-order chi connectivity index (χ1) is 23.7. The Bertz CT molecular complexity index is 2200. The van der Waals surface area contributed by atoms with Gasteiger partial charge in [0.05, 0.1) is 12.6 Å². The zero-order valence-electron chi connectivity index (χ0n) is 27.9. The molecule has 0 atom stereocenters.